The summed E-state index contributed by atoms with van der Waals surface area (Å²) in [6.45, 7) is 0.882. The van der Waals surface area contributed by atoms with Crippen LogP contribution in [0.3, 0.4) is 0 Å². The maximum absolute atomic E-state index is 12.2. The summed E-state index contributed by atoms with van der Waals surface area (Å²) >= 11 is 1.74. The van der Waals surface area contributed by atoms with Crippen molar-refractivity contribution in [3.8, 4) is 0 Å². The molecule has 0 spiro atoms. The molecule has 2 N–H and O–H groups in total. The fourth-order valence-corrected chi connectivity index (χ4v) is 2.91. The molecule has 5 heteroatoms. The van der Waals surface area contributed by atoms with Crippen LogP contribution in [0.2, 0.25) is 0 Å². The number of carbonyl (C=O) groups is 1. The van der Waals surface area contributed by atoms with E-state index in [0.29, 0.717) is 6.54 Å². The van der Waals surface area contributed by atoms with Crippen LogP contribution >= 0.6 is 11.8 Å². The lowest BCUT2D eigenvalue weighted by Crippen LogP contribution is -2.25. The first-order valence-electron chi connectivity index (χ1n) is 6.75. The minimum Gasteiger partial charge on any atom is -0.396 e. The van der Waals surface area contributed by atoms with Crippen LogP contribution in [0.4, 0.5) is 0 Å². The molecule has 1 heterocycles. The highest BCUT2D eigenvalue weighted by molar-refractivity contribution is 7.99. The molecule has 0 aliphatic carbocycles. The molecule has 1 amide bonds. The van der Waals surface area contributed by atoms with Crippen LogP contribution in [-0.4, -0.2) is 40.2 Å². The monoisotopic (exact) mass is 292 g/mol. The number of aromatic nitrogens is 1. The number of aliphatic hydroxyl groups is 1. The number of carbonyl (C=O) groups excluding carboxylic acids is 1. The summed E-state index contributed by atoms with van der Waals surface area (Å²) in [7, 11) is 1.95. The number of nitrogens with one attached hydrogen (secondary N) is 1. The first-order chi connectivity index (χ1) is 9.74. The number of aryl methyl sites for hydroxylation is 1. The third-order valence-corrected chi connectivity index (χ3v) is 4.19. The summed E-state index contributed by atoms with van der Waals surface area (Å²) in [6.07, 6.45) is 2.68. The van der Waals surface area contributed by atoms with E-state index in [1.54, 1.807) is 11.8 Å². The third-order valence-electron chi connectivity index (χ3n) is 3.12. The number of thioether (sulfide) groups is 1. The molecule has 0 unspecified atom stereocenters. The Morgan fingerprint density at radius 2 is 2.15 bits per heavy atom. The maximum atomic E-state index is 12.2. The van der Waals surface area contributed by atoms with E-state index in [1.807, 2.05) is 42.1 Å². The zero-order valence-electron chi connectivity index (χ0n) is 11.6. The summed E-state index contributed by atoms with van der Waals surface area (Å²) in [6, 6.07) is 7.91. The van der Waals surface area contributed by atoms with Gasteiger partial charge in [0.05, 0.1) is 5.56 Å². The molecule has 0 saturated carbocycles. The van der Waals surface area contributed by atoms with Crippen molar-refractivity contribution in [2.75, 3.05) is 24.7 Å². The summed E-state index contributed by atoms with van der Waals surface area (Å²) < 4.78 is 1.97. The molecule has 1 aromatic heterocycles. The average Bonchev–Trinajstić information content (AvgIpc) is 2.80. The second-order valence-electron chi connectivity index (χ2n) is 4.62. The van der Waals surface area contributed by atoms with E-state index < -0.39 is 0 Å². The second-order valence-corrected chi connectivity index (χ2v) is 5.84. The largest absolute Gasteiger partial charge is 0.396 e. The van der Waals surface area contributed by atoms with Crippen LogP contribution < -0.4 is 5.32 Å². The van der Waals surface area contributed by atoms with Crippen molar-refractivity contribution in [2.24, 2.45) is 7.05 Å². The zero-order valence-corrected chi connectivity index (χ0v) is 12.4. The summed E-state index contributed by atoms with van der Waals surface area (Å²) in [4.78, 5) is 12.2. The smallest absolute Gasteiger partial charge is 0.253 e. The number of nitrogens with zero attached hydrogens (tertiary/aromatic N) is 1. The molecule has 0 aliphatic rings. The number of para-hydroxylation sites is 1. The summed E-state index contributed by atoms with van der Waals surface area (Å²) in [5, 5.41) is 12.6. The van der Waals surface area contributed by atoms with Gasteiger partial charge in [0.2, 0.25) is 0 Å². The van der Waals surface area contributed by atoms with Crippen LogP contribution in [-0.2, 0) is 7.05 Å². The first-order valence-corrected chi connectivity index (χ1v) is 7.90. The van der Waals surface area contributed by atoms with E-state index in [-0.39, 0.29) is 12.5 Å². The van der Waals surface area contributed by atoms with Crippen LogP contribution in [0.15, 0.2) is 30.5 Å². The lowest BCUT2D eigenvalue weighted by atomic mass is 10.1. The van der Waals surface area contributed by atoms with E-state index in [9.17, 15) is 4.79 Å². The van der Waals surface area contributed by atoms with Crippen LogP contribution in [0.1, 0.15) is 16.8 Å². The first kappa shape index (κ1) is 14.9. The number of fused-ring (bicyclic) bond motifs is 1. The van der Waals surface area contributed by atoms with Crippen LogP contribution in [0, 0.1) is 0 Å². The number of amides is 1. The molecular formula is C15H20N2O2S. The predicted molar refractivity (Wildman–Crippen MR) is 84.3 cm³/mol. The Hall–Kier alpha value is -1.46. The van der Waals surface area contributed by atoms with Crippen LogP contribution in [0.25, 0.3) is 10.9 Å². The average molecular weight is 292 g/mol. The van der Waals surface area contributed by atoms with Crippen molar-refractivity contribution in [1.29, 1.82) is 0 Å². The van der Waals surface area contributed by atoms with Crippen molar-refractivity contribution in [2.45, 2.75) is 6.42 Å². The molecular weight excluding hydrogens is 272 g/mol. The van der Waals surface area contributed by atoms with Gasteiger partial charge in [-0.1, -0.05) is 18.2 Å². The maximum Gasteiger partial charge on any atom is 0.253 e. The Morgan fingerprint density at radius 1 is 1.35 bits per heavy atom. The molecule has 108 valence electrons. The number of rotatable bonds is 7. The Bertz CT molecular complexity index is 580. The van der Waals surface area contributed by atoms with E-state index >= 15 is 0 Å². The molecule has 0 bridgehead atoms. The van der Waals surface area contributed by atoms with E-state index in [0.717, 1.165) is 34.4 Å². The molecule has 1 aromatic carbocycles. The summed E-state index contributed by atoms with van der Waals surface area (Å²) in [5.74, 6) is 1.78. The van der Waals surface area contributed by atoms with Gasteiger partial charge in [0.1, 0.15) is 0 Å². The van der Waals surface area contributed by atoms with Gasteiger partial charge in [-0.15, -0.1) is 0 Å². The molecule has 4 nitrogen and oxygen atoms in total. The zero-order chi connectivity index (χ0) is 14.4. The Morgan fingerprint density at radius 3 is 2.95 bits per heavy atom. The van der Waals surface area contributed by atoms with Crippen molar-refractivity contribution in [3.63, 3.8) is 0 Å². The Kier molecular flexibility index (Phi) is 5.49. The highest BCUT2D eigenvalue weighted by Gasteiger charge is 2.12. The second kappa shape index (κ2) is 7.36. The quantitative estimate of drug-likeness (QED) is 0.768. The number of hydrogen-bond donors (Lipinski definition) is 2. The van der Waals surface area contributed by atoms with E-state index in [1.165, 1.54) is 0 Å². The van der Waals surface area contributed by atoms with Crippen molar-refractivity contribution >= 4 is 28.6 Å². The van der Waals surface area contributed by atoms with Crippen molar-refractivity contribution in [3.05, 3.63) is 36.0 Å². The molecule has 0 aliphatic heterocycles. The predicted octanol–water partition coefficient (Wildman–Crippen LogP) is 2.02. The topological polar surface area (TPSA) is 54.3 Å². The third kappa shape index (κ3) is 3.55. The normalized spacial score (nSPS) is 10.9. The van der Waals surface area contributed by atoms with Gasteiger partial charge >= 0.3 is 0 Å². The molecule has 2 rings (SSSR count). The number of benzene rings is 1. The summed E-state index contributed by atoms with van der Waals surface area (Å²) in [5.41, 5.74) is 1.79. The number of hydrogen-bond acceptors (Lipinski definition) is 3. The highest BCUT2D eigenvalue weighted by atomic mass is 32.2. The standard InChI is InChI=1S/C15H20N2O2S/c1-17-11-13(12-5-2-3-6-14(12)17)15(19)16-7-10-20-9-4-8-18/h2-3,5-6,11,18H,4,7-10H2,1H3,(H,16,19). The Labute approximate surface area is 123 Å². The minimum absolute atomic E-state index is 0.0236. The van der Waals surface area contributed by atoms with Gasteiger partial charge in [-0.3, -0.25) is 4.79 Å². The van der Waals surface area contributed by atoms with Gasteiger partial charge in [0.25, 0.3) is 5.91 Å². The van der Waals surface area contributed by atoms with Gasteiger partial charge < -0.3 is 15.0 Å². The molecule has 0 fully saturated rings. The molecule has 2 aromatic rings. The molecule has 0 saturated heterocycles. The van der Waals surface area contributed by atoms with E-state index in [2.05, 4.69) is 5.32 Å². The molecule has 0 radical (unpaired) electrons. The van der Waals surface area contributed by atoms with Gasteiger partial charge in [-0.2, -0.15) is 11.8 Å². The van der Waals surface area contributed by atoms with Crippen LogP contribution in [0.5, 0.6) is 0 Å². The van der Waals surface area contributed by atoms with E-state index in [4.69, 9.17) is 5.11 Å². The van der Waals surface area contributed by atoms with Crippen molar-refractivity contribution < 1.29 is 9.90 Å². The van der Waals surface area contributed by atoms with Crippen molar-refractivity contribution in [1.82, 2.24) is 9.88 Å². The minimum atomic E-state index is -0.0236. The lowest BCUT2D eigenvalue weighted by molar-refractivity contribution is 0.0957. The molecule has 20 heavy (non-hydrogen) atoms. The van der Waals surface area contributed by atoms with Gasteiger partial charge in [-0.25, -0.2) is 0 Å². The van der Waals surface area contributed by atoms with Gasteiger partial charge in [0.15, 0.2) is 0 Å². The van der Waals surface area contributed by atoms with Gasteiger partial charge in [-0.05, 0) is 18.2 Å². The number of aliphatic hydroxyl groups excluding tert-OH is 1. The van der Waals surface area contributed by atoms with Gasteiger partial charge in [0, 0.05) is 43.1 Å². The molecule has 0 atom stereocenters. The Balaban J connectivity index is 1.91. The fraction of sp³-hybridized carbons (Fsp3) is 0.400. The SMILES string of the molecule is Cn1cc(C(=O)NCCSCCCO)c2ccccc21. The highest BCUT2D eigenvalue weighted by Crippen LogP contribution is 2.19. The fourth-order valence-electron chi connectivity index (χ4n) is 2.12. The lowest BCUT2D eigenvalue weighted by Gasteiger charge is -2.04.